The van der Waals surface area contributed by atoms with Crippen LogP contribution < -0.4 is 4.90 Å². The Labute approximate surface area is 113 Å². The number of hydrogen-bond donors (Lipinski definition) is 0. The Balaban J connectivity index is 2.10. The Morgan fingerprint density at radius 1 is 1.17 bits per heavy atom. The summed E-state index contributed by atoms with van der Waals surface area (Å²) in [6, 6.07) is 7.99. The van der Waals surface area contributed by atoms with Gasteiger partial charge in [-0.05, 0) is 11.6 Å². The summed E-state index contributed by atoms with van der Waals surface area (Å²) in [6.45, 7) is 2.49. The highest BCUT2D eigenvalue weighted by Gasteiger charge is 2.24. The molecule has 1 aliphatic rings. The van der Waals surface area contributed by atoms with Crippen molar-refractivity contribution in [3.8, 4) is 0 Å². The average Bonchev–Trinajstić information content (AvgIpc) is 2.38. The molecule has 1 fully saturated rings. The second-order valence-electron chi connectivity index (χ2n) is 4.41. The molecule has 1 aromatic carbocycles. The van der Waals surface area contributed by atoms with Crippen molar-refractivity contribution >= 4 is 27.3 Å². The lowest BCUT2D eigenvalue weighted by Gasteiger charge is -2.35. The number of nitrogens with zero attached hydrogens (tertiary/aromatic N) is 2. The van der Waals surface area contributed by atoms with E-state index in [2.05, 4.69) is 4.90 Å². The quantitative estimate of drug-likeness (QED) is 0.792. The van der Waals surface area contributed by atoms with Crippen LogP contribution in [0.1, 0.15) is 5.56 Å². The molecule has 1 aliphatic heterocycles. The third-order valence-electron chi connectivity index (χ3n) is 3.18. The van der Waals surface area contributed by atoms with Gasteiger partial charge in [0.15, 0.2) is 0 Å². The predicted octanol–water partition coefficient (Wildman–Crippen LogP) is 1.51. The van der Waals surface area contributed by atoms with Crippen LogP contribution in [0, 0.1) is 0 Å². The standard InChI is InChI=1S/C12H17ClN2O2S/c1-18(16,17)15-8-6-14(7-9-15)12-5-3-2-4-11(12)10-13/h2-5H,6-10H2,1H3. The fourth-order valence-corrected chi connectivity index (χ4v) is 3.25. The first-order chi connectivity index (χ1) is 8.52. The highest BCUT2D eigenvalue weighted by atomic mass is 35.5. The molecule has 0 aromatic heterocycles. The number of halogens is 1. The molecule has 0 amide bonds. The van der Waals surface area contributed by atoms with E-state index in [-0.39, 0.29) is 0 Å². The van der Waals surface area contributed by atoms with Crippen LogP contribution >= 0.6 is 11.6 Å². The molecule has 100 valence electrons. The molecule has 0 saturated carbocycles. The van der Waals surface area contributed by atoms with Crippen LogP contribution in [-0.4, -0.2) is 45.2 Å². The van der Waals surface area contributed by atoms with Gasteiger partial charge in [-0.1, -0.05) is 18.2 Å². The van der Waals surface area contributed by atoms with Crippen LogP contribution in [0.2, 0.25) is 0 Å². The summed E-state index contributed by atoms with van der Waals surface area (Å²) in [7, 11) is -3.07. The van der Waals surface area contributed by atoms with Crippen molar-refractivity contribution in [3.63, 3.8) is 0 Å². The number of piperazine rings is 1. The van der Waals surface area contributed by atoms with Crippen molar-refractivity contribution in [2.24, 2.45) is 0 Å². The van der Waals surface area contributed by atoms with Gasteiger partial charge in [-0.2, -0.15) is 4.31 Å². The zero-order chi connectivity index (χ0) is 13.2. The van der Waals surface area contributed by atoms with Gasteiger partial charge in [0.25, 0.3) is 0 Å². The zero-order valence-corrected chi connectivity index (χ0v) is 11.9. The topological polar surface area (TPSA) is 40.6 Å². The van der Waals surface area contributed by atoms with Crippen LogP contribution in [0.25, 0.3) is 0 Å². The molecular weight excluding hydrogens is 272 g/mol. The van der Waals surface area contributed by atoms with Crippen LogP contribution in [0.4, 0.5) is 5.69 Å². The molecule has 6 heteroatoms. The summed E-state index contributed by atoms with van der Waals surface area (Å²) >= 11 is 5.92. The van der Waals surface area contributed by atoms with Crippen LogP contribution in [0.5, 0.6) is 0 Å². The summed E-state index contributed by atoms with van der Waals surface area (Å²) in [5.74, 6) is 0.475. The molecule has 0 aliphatic carbocycles. The van der Waals surface area contributed by atoms with Gasteiger partial charge in [0.1, 0.15) is 0 Å². The number of rotatable bonds is 3. The third kappa shape index (κ3) is 2.96. The first kappa shape index (κ1) is 13.6. The van der Waals surface area contributed by atoms with E-state index in [0.29, 0.717) is 32.1 Å². The minimum Gasteiger partial charge on any atom is -0.369 e. The van der Waals surface area contributed by atoms with E-state index in [1.807, 2.05) is 24.3 Å². The second-order valence-corrected chi connectivity index (χ2v) is 6.66. The minimum atomic E-state index is -3.07. The van der Waals surface area contributed by atoms with E-state index in [1.165, 1.54) is 10.6 Å². The smallest absolute Gasteiger partial charge is 0.211 e. The normalized spacial score (nSPS) is 18.0. The van der Waals surface area contributed by atoms with Gasteiger partial charge < -0.3 is 4.90 Å². The molecule has 1 aromatic rings. The average molecular weight is 289 g/mol. The van der Waals surface area contributed by atoms with E-state index < -0.39 is 10.0 Å². The zero-order valence-electron chi connectivity index (χ0n) is 10.3. The SMILES string of the molecule is CS(=O)(=O)N1CCN(c2ccccc2CCl)CC1. The maximum atomic E-state index is 11.4. The number of benzene rings is 1. The predicted molar refractivity (Wildman–Crippen MR) is 74.6 cm³/mol. The van der Waals surface area contributed by atoms with Crippen molar-refractivity contribution in [2.45, 2.75) is 5.88 Å². The lowest BCUT2D eigenvalue weighted by Crippen LogP contribution is -2.48. The first-order valence-electron chi connectivity index (χ1n) is 5.86. The van der Waals surface area contributed by atoms with Gasteiger partial charge in [-0.25, -0.2) is 8.42 Å². The van der Waals surface area contributed by atoms with Gasteiger partial charge >= 0.3 is 0 Å². The van der Waals surface area contributed by atoms with Gasteiger partial charge in [-0.15, -0.1) is 11.6 Å². The fourth-order valence-electron chi connectivity index (χ4n) is 2.19. The molecule has 0 N–H and O–H groups in total. The van der Waals surface area contributed by atoms with E-state index in [0.717, 1.165) is 11.3 Å². The molecule has 1 heterocycles. The van der Waals surface area contributed by atoms with E-state index in [9.17, 15) is 8.42 Å². The molecule has 0 atom stereocenters. The molecule has 0 radical (unpaired) electrons. The Kier molecular flexibility index (Phi) is 4.14. The van der Waals surface area contributed by atoms with E-state index >= 15 is 0 Å². The Morgan fingerprint density at radius 2 is 1.78 bits per heavy atom. The van der Waals surface area contributed by atoms with Crippen LogP contribution in [-0.2, 0) is 15.9 Å². The number of hydrogen-bond acceptors (Lipinski definition) is 3. The fraction of sp³-hybridized carbons (Fsp3) is 0.500. The monoisotopic (exact) mass is 288 g/mol. The maximum Gasteiger partial charge on any atom is 0.211 e. The first-order valence-corrected chi connectivity index (χ1v) is 8.24. The molecule has 18 heavy (non-hydrogen) atoms. The molecule has 1 saturated heterocycles. The number of sulfonamides is 1. The lowest BCUT2D eigenvalue weighted by atomic mass is 10.1. The summed E-state index contributed by atoms with van der Waals surface area (Å²) in [5, 5.41) is 0. The molecule has 2 rings (SSSR count). The molecular formula is C12H17ClN2O2S. The van der Waals surface area contributed by atoms with Crippen LogP contribution in [0.3, 0.4) is 0 Å². The third-order valence-corrected chi connectivity index (χ3v) is 4.78. The Morgan fingerprint density at radius 3 is 2.33 bits per heavy atom. The lowest BCUT2D eigenvalue weighted by molar-refractivity contribution is 0.388. The van der Waals surface area contributed by atoms with E-state index in [1.54, 1.807) is 0 Å². The molecule has 0 bridgehead atoms. The summed E-state index contributed by atoms with van der Waals surface area (Å²) in [6.07, 6.45) is 1.26. The summed E-state index contributed by atoms with van der Waals surface area (Å²) in [4.78, 5) is 2.19. The largest absolute Gasteiger partial charge is 0.369 e. The van der Waals surface area contributed by atoms with Crippen molar-refractivity contribution in [1.82, 2.24) is 4.31 Å². The molecule has 4 nitrogen and oxygen atoms in total. The number of anilines is 1. The van der Waals surface area contributed by atoms with Crippen LogP contribution in [0.15, 0.2) is 24.3 Å². The van der Waals surface area contributed by atoms with Crippen molar-refractivity contribution in [1.29, 1.82) is 0 Å². The van der Waals surface area contributed by atoms with Gasteiger partial charge in [0.2, 0.25) is 10.0 Å². The summed E-state index contributed by atoms with van der Waals surface area (Å²) in [5.41, 5.74) is 2.20. The van der Waals surface area contributed by atoms with Crippen molar-refractivity contribution in [2.75, 3.05) is 37.3 Å². The van der Waals surface area contributed by atoms with Gasteiger partial charge in [0, 0.05) is 37.7 Å². The van der Waals surface area contributed by atoms with E-state index in [4.69, 9.17) is 11.6 Å². The van der Waals surface area contributed by atoms with Crippen molar-refractivity contribution < 1.29 is 8.42 Å². The molecule has 0 spiro atoms. The summed E-state index contributed by atoms with van der Waals surface area (Å²) < 4.78 is 24.4. The second kappa shape index (κ2) is 5.47. The Hall–Kier alpha value is -0.780. The highest BCUT2D eigenvalue weighted by molar-refractivity contribution is 7.88. The Bertz CT molecular complexity index is 511. The van der Waals surface area contributed by atoms with Gasteiger partial charge in [0.05, 0.1) is 6.26 Å². The highest BCUT2D eigenvalue weighted by Crippen LogP contribution is 2.23. The maximum absolute atomic E-state index is 11.4. The number of alkyl halides is 1. The van der Waals surface area contributed by atoms with Crippen molar-refractivity contribution in [3.05, 3.63) is 29.8 Å². The minimum absolute atomic E-state index is 0.475. The number of para-hydroxylation sites is 1. The molecule has 0 unspecified atom stereocenters. The van der Waals surface area contributed by atoms with Gasteiger partial charge in [-0.3, -0.25) is 0 Å².